The monoisotopic (exact) mass is 290 g/mol. The molecule has 0 bridgehead atoms. The Morgan fingerprint density at radius 3 is 3.20 bits per heavy atom. The molecule has 20 heavy (non-hydrogen) atoms. The molecule has 2 N–H and O–H groups in total. The maximum atomic E-state index is 9.40. The number of aromatic nitrogens is 2. The standard InChI is InChI=1S/C14H18N4OS/c19-9-11-3-1-5-18(11)14-7-13(16-10-17-14)15-8-12-4-2-6-20-12/h2,4,6-7,10-11,19H,1,3,5,8-9H2,(H,15,16,17)/t11-/m1/s1. The van der Waals surface area contributed by atoms with Crippen molar-refractivity contribution in [1.82, 2.24) is 9.97 Å². The largest absolute Gasteiger partial charge is 0.394 e. The van der Waals surface area contributed by atoms with Crippen LogP contribution in [0.5, 0.6) is 0 Å². The van der Waals surface area contributed by atoms with E-state index in [4.69, 9.17) is 0 Å². The number of hydrogen-bond acceptors (Lipinski definition) is 6. The SMILES string of the molecule is OC[C@H]1CCCN1c1cc(NCc2cccs2)ncn1. The second-order valence-corrected chi connectivity index (χ2v) is 5.90. The van der Waals surface area contributed by atoms with Crippen LogP contribution in [0.15, 0.2) is 29.9 Å². The zero-order chi connectivity index (χ0) is 13.8. The molecule has 0 amide bonds. The highest BCUT2D eigenvalue weighted by Gasteiger charge is 2.25. The zero-order valence-electron chi connectivity index (χ0n) is 11.2. The van der Waals surface area contributed by atoms with Gasteiger partial charge in [-0.15, -0.1) is 11.3 Å². The smallest absolute Gasteiger partial charge is 0.134 e. The van der Waals surface area contributed by atoms with E-state index in [0.717, 1.165) is 37.6 Å². The molecule has 1 aliphatic rings. The van der Waals surface area contributed by atoms with Gasteiger partial charge in [0, 0.05) is 17.5 Å². The van der Waals surface area contributed by atoms with Gasteiger partial charge in [-0.3, -0.25) is 0 Å². The van der Waals surface area contributed by atoms with Crippen molar-refractivity contribution < 1.29 is 5.11 Å². The fourth-order valence-corrected chi connectivity index (χ4v) is 3.16. The first-order chi connectivity index (χ1) is 9.86. The molecule has 1 atom stereocenters. The summed E-state index contributed by atoms with van der Waals surface area (Å²) in [4.78, 5) is 12.0. The number of thiophene rings is 1. The lowest BCUT2D eigenvalue weighted by atomic mass is 10.2. The molecule has 2 aromatic heterocycles. The quantitative estimate of drug-likeness (QED) is 0.883. The first-order valence-corrected chi connectivity index (χ1v) is 7.70. The maximum Gasteiger partial charge on any atom is 0.134 e. The average molecular weight is 290 g/mol. The molecule has 1 fully saturated rings. The maximum absolute atomic E-state index is 9.40. The second kappa shape index (κ2) is 6.19. The summed E-state index contributed by atoms with van der Waals surface area (Å²) in [7, 11) is 0. The van der Waals surface area contributed by atoms with Crippen LogP contribution in [0.2, 0.25) is 0 Å². The molecule has 0 radical (unpaired) electrons. The fourth-order valence-electron chi connectivity index (χ4n) is 2.52. The van der Waals surface area contributed by atoms with Gasteiger partial charge in [0.05, 0.1) is 19.2 Å². The number of hydrogen-bond donors (Lipinski definition) is 2. The van der Waals surface area contributed by atoms with Gasteiger partial charge in [-0.1, -0.05) is 6.07 Å². The van der Waals surface area contributed by atoms with Crippen LogP contribution >= 0.6 is 11.3 Å². The third-order valence-electron chi connectivity index (χ3n) is 3.56. The highest BCUT2D eigenvalue weighted by atomic mass is 32.1. The number of rotatable bonds is 5. The third-order valence-corrected chi connectivity index (χ3v) is 4.44. The Morgan fingerprint density at radius 1 is 1.45 bits per heavy atom. The van der Waals surface area contributed by atoms with Crippen LogP contribution in [0.25, 0.3) is 0 Å². The van der Waals surface area contributed by atoms with E-state index >= 15 is 0 Å². The van der Waals surface area contributed by atoms with Crippen LogP contribution in [0.4, 0.5) is 11.6 Å². The first kappa shape index (κ1) is 13.3. The summed E-state index contributed by atoms with van der Waals surface area (Å²) >= 11 is 1.73. The van der Waals surface area contributed by atoms with Crippen molar-refractivity contribution in [1.29, 1.82) is 0 Å². The minimum atomic E-state index is 0.183. The van der Waals surface area contributed by atoms with Crippen molar-refractivity contribution in [2.24, 2.45) is 0 Å². The van der Waals surface area contributed by atoms with Crippen molar-refractivity contribution in [2.75, 3.05) is 23.4 Å². The molecule has 0 unspecified atom stereocenters. The van der Waals surface area contributed by atoms with Gasteiger partial charge in [-0.05, 0) is 24.3 Å². The summed E-state index contributed by atoms with van der Waals surface area (Å²) in [5.41, 5.74) is 0. The number of aliphatic hydroxyl groups excluding tert-OH is 1. The van der Waals surface area contributed by atoms with E-state index in [2.05, 4.69) is 31.6 Å². The molecule has 1 saturated heterocycles. The topological polar surface area (TPSA) is 61.3 Å². The molecule has 0 spiro atoms. The van der Waals surface area contributed by atoms with Crippen molar-refractivity contribution in [2.45, 2.75) is 25.4 Å². The highest BCUT2D eigenvalue weighted by Crippen LogP contribution is 2.24. The number of nitrogens with zero attached hydrogens (tertiary/aromatic N) is 3. The van der Waals surface area contributed by atoms with Gasteiger partial charge in [-0.25, -0.2) is 9.97 Å². The lowest BCUT2D eigenvalue weighted by molar-refractivity contribution is 0.266. The molecule has 3 heterocycles. The second-order valence-electron chi connectivity index (χ2n) is 4.87. The van der Waals surface area contributed by atoms with Crippen molar-refractivity contribution in [3.63, 3.8) is 0 Å². The van der Waals surface area contributed by atoms with Gasteiger partial charge in [-0.2, -0.15) is 0 Å². The average Bonchev–Trinajstić information content (AvgIpc) is 3.16. The number of nitrogens with one attached hydrogen (secondary N) is 1. The van der Waals surface area contributed by atoms with Crippen LogP contribution in [0.3, 0.4) is 0 Å². The van der Waals surface area contributed by atoms with E-state index in [0.29, 0.717) is 0 Å². The van der Waals surface area contributed by atoms with Crippen LogP contribution in [0, 0.1) is 0 Å². The van der Waals surface area contributed by atoms with Gasteiger partial charge < -0.3 is 15.3 Å². The van der Waals surface area contributed by atoms with Crippen molar-refractivity contribution in [3.05, 3.63) is 34.8 Å². The van der Waals surface area contributed by atoms with Crippen LogP contribution in [-0.4, -0.2) is 34.3 Å². The van der Waals surface area contributed by atoms with Crippen molar-refractivity contribution >= 4 is 23.0 Å². The molecule has 0 aliphatic carbocycles. The van der Waals surface area contributed by atoms with Gasteiger partial charge in [0.1, 0.15) is 18.0 Å². The molecule has 5 nitrogen and oxygen atoms in total. The summed E-state index contributed by atoms with van der Waals surface area (Å²) in [6.45, 7) is 1.91. The van der Waals surface area contributed by atoms with Gasteiger partial charge in [0.15, 0.2) is 0 Å². The Bertz CT molecular complexity index is 546. The number of aliphatic hydroxyl groups is 1. The Kier molecular flexibility index (Phi) is 4.13. The van der Waals surface area contributed by atoms with Crippen LogP contribution in [-0.2, 0) is 6.54 Å². The summed E-state index contributed by atoms with van der Waals surface area (Å²) in [6.07, 6.45) is 3.71. The predicted octanol–water partition coefficient (Wildman–Crippen LogP) is 2.11. The van der Waals surface area contributed by atoms with E-state index < -0.39 is 0 Å². The van der Waals surface area contributed by atoms with E-state index in [-0.39, 0.29) is 12.6 Å². The lowest BCUT2D eigenvalue weighted by Gasteiger charge is -2.24. The van der Waals surface area contributed by atoms with Crippen molar-refractivity contribution in [3.8, 4) is 0 Å². The lowest BCUT2D eigenvalue weighted by Crippen LogP contribution is -2.32. The van der Waals surface area contributed by atoms with Crippen LogP contribution in [0.1, 0.15) is 17.7 Å². The predicted molar refractivity (Wildman–Crippen MR) is 81.1 cm³/mol. The summed E-state index contributed by atoms with van der Waals surface area (Å²) < 4.78 is 0. The Morgan fingerprint density at radius 2 is 2.40 bits per heavy atom. The zero-order valence-corrected chi connectivity index (χ0v) is 12.0. The Labute approximate surface area is 122 Å². The molecule has 3 rings (SSSR count). The molecular formula is C14H18N4OS. The molecule has 6 heteroatoms. The first-order valence-electron chi connectivity index (χ1n) is 6.82. The molecule has 0 saturated carbocycles. The van der Waals surface area contributed by atoms with Gasteiger partial charge in [0.2, 0.25) is 0 Å². The summed E-state index contributed by atoms with van der Waals surface area (Å²) in [6, 6.07) is 6.29. The van der Waals surface area contributed by atoms with E-state index in [1.807, 2.05) is 12.1 Å². The minimum Gasteiger partial charge on any atom is -0.394 e. The molecule has 0 aromatic carbocycles. The Balaban J connectivity index is 1.69. The highest BCUT2D eigenvalue weighted by molar-refractivity contribution is 7.09. The van der Waals surface area contributed by atoms with E-state index in [1.165, 1.54) is 4.88 Å². The van der Waals surface area contributed by atoms with E-state index in [9.17, 15) is 5.11 Å². The van der Waals surface area contributed by atoms with Crippen LogP contribution < -0.4 is 10.2 Å². The van der Waals surface area contributed by atoms with E-state index in [1.54, 1.807) is 17.7 Å². The molecule has 106 valence electrons. The molecule has 1 aliphatic heterocycles. The minimum absolute atomic E-state index is 0.183. The normalized spacial score (nSPS) is 18.4. The number of anilines is 2. The van der Waals surface area contributed by atoms with Gasteiger partial charge >= 0.3 is 0 Å². The summed E-state index contributed by atoms with van der Waals surface area (Å²) in [5.74, 6) is 1.72. The van der Waals surface area contributed by atoms with Gasteiger partial charge in [0.25, 0.3) is 0 Å². The molecular weight excluding hydrogens is 272 g/mol. The summed E-state index contributed by atoms with van der Waals surface area (Å²) in [5, 5.41) is 14.8. The Hall–Kier alpha value is -1.66. The third kappa shape index (κ3) is 2.91. The molecule has 2 aromatic rings. The fraction of sp³-hybridized carbons (Fsp3) is 0.429.